The summed E-state index contributed by atoms with van der Waals surface area (Å²) in [7, 11) is 0. The van der Waals surface area contributed by atoms with E-state index < -0.39 is 28.9 Å². The fourth-order valence-corrected chi connectivity index (χ4v) is 3.05. The topological polar surface area (TPSA) is 32.3 Å². The second-order valence-corrected chi connectivity index (χ2v) is 6.89. The van der Waals surface area contributed by atoms with E-state index in [-0.39, 0.29) is 0 Å². The number of alkyl halides is 4. The maximum Gasteiger partial charge on any atom is 0.436 e. The summed E-state index contributed by atoms with van der Waals surface area (Å²) < 4.78 is 55.4. The molecule has 1 amide bonds. The van der Waals surface area contributed by atoms with Crippen LogP contribution in [-0.4, -0.2) is 42.2 Å². The molecule has 0 bridgehead atoms. The number of likely N-dealkylation sites (tertiary alicyclic amines) is 1. The molecule has 1 aliphatic carbocycles. The molecule has 1 atom stereocenters. The molecule has 3 rings (SSSR count). The van der Waals surface area contributed by atoms with Crippen molar-refractivity contribution in [2.45, 2.75) is 43.6 Å². The summed E-state index contributed by atoms with van der Waals surface area (Å²) in [6.07, 6.45) is -3.12. The number of aryl methyl sites for hydroxylation is 1. The summed E-state index contributed by atoms with van der Waals surface area (Å²) in [5.41, 5.74) is -4.96. The Kier molecular flexibility index (Phi) is 4.10. The summed E-state index contributed by atoms with van der Waals surface area (Å²) >= 11 is 0. The van der Waals surface area contributed by atoms with Crippen molar-refractivity contribution in [3.63, 3.8) is 0 Å². The first-order chi connectivity index (χ1) is 11.2. The Morgan fingerprint density at radius 2 is 1.92 bits per heavy atom. The lowest BCUT2D eigenvalue weighted by Crippen LogP contribution is -2.57. The van der Waals surface area contributed by atoms with E-state index in [0.29, 0.717) is 24.9 Å². The smallest absolute Gasteiger partial charge is 0.346 e. The highest BCUT2D eigenvalue weighted by Crippen LogP contribution is 2.45. The highest BCUT2D eigenvalue weighted by molar-refractivity contribution is 5.88. The largest absolute Gasteiger partial charge is 0.436 e. The van der Waals surface area contributed by atoms with Gasteiger partial charge in [0.1, 0.15) is 0 Å². The van der Waals surface area contributed by atoms with Gasteiger partial charge in [0.15, 0.2) is 0 Å². The van der Waals surface area contributed by atoms with Crippen LogP contribution in [0.5, 0.6) is 0 Å². The number of carbonyl (C=O) groups excluding carboxylic acids is 1. The predicted molar refractivity (Wildman–Crippen MR) is 81.2 cm³/mol. The molecular formula is C17H20F4N2O. The Labute approximate surface area is 138 Å². The van der Waals surface area contributed by atoms with Gasteiger partial charge in [-0.2, -0.15) is 13.2 Å². The van der Waals surface area contributed by atoms with Crippen LogP contribution in [0.1, 0.15) is 30.4 Å². The van der Waals surface area contributed by atoms with Crippen molar-refractivity contribution in [1.29, 1.82) is 0 Å². The number of hydrogen-bond acceptors (Lipinski definition) is 2. The third-order valence-electron chi connectivity index (χ3n) is 4.83. The zero-order valence-electron chi connectivity index (χ0n) is 13.4. The first kappa shape index (κ1) is 17.2. The molecule has 3 nitrogen and oxygen atoms in total. The van der Waals surface area contributed by atoms with E-state index in [2.05, 4.69) is 10.2 Å². The average Bonchev–Trinajstić information content (AvgIpc) is 3.20. The van der Waals surface area contributed by atoms with E-state index in [9.17, 15) is 18.0 Å². The lowest BCUT2D eigenvalue weighted by atomic mass is 9.92. The van der Waals surface area contributed by atoms with E-state index in [4.69, 9.17) is 0 Å². The lowest BCUT2D eigenvalue weighted by Gasteiger charge is -2.36. The molecule has 0 aromatic heterocycles. The third kappa shape index (κ3) is 3.01. The summed E-state index contributed by atoms with van der Waals surface area (Å²) in [4.78, 5) is 14.4. The Hall–Kier alpha value is -1.63. The van der Waals surface area contributed by atoms with Crippen molar-refractivity contribution in [2.75, 3.05) is 19.6 Å². The van der Waals surface area contributed by atoms with Crippen molar-refractivity contribution in [3.8, 4) is 0 Å². The molecule has 2 aliphatic rings. The molecule has 1 saturated carbocycles. The molecule has 24 heavy (non-hydrogen) atoms. The van der Waals surface area contributed by atoms with E-state index in [1.54, 1.807) is 13.0 Å². The van der Waals surface area contributed by atoms with Gasteiger partial charge in [0.05, 0.1) is 5.54 Å². The number of hydrogen-bond donors (Lipinski definition) is 1. The number of carbonyl (C=O) groups is 1. The monoisotopic (exact) mass is 344 g/mol. The van der Waals surface area contributed by atoms with Gasteiger partial charge >= 0.3 is 11.8 Å². The number of benzene rings is 1. The van der Waals surface area contributed by atoms with Crippen molar-refractivity contribution in [1.82, 2.24) is 10.2 Å². The molecule has 0 spiro atoms. The van der Waals surface area contributed by atoms with Gasteiger partial charge in [0, 0.05) is 12.1 Å². The minimum Gasteiger partial charge on any atom is -0.346 e. The van der Waals surface area contributed by atoms with Crippen LogP contribution in [0.4, 0.5) is 17.6 Å². The number of amides is 1. The summed E-state index contributed by atoms with van der Waals surface area (Å²) in [5.74, 6) is -1.61. The number of nitrogens with one attached hydrogen (secondary N) is 1. The molecule has 1 heterocycles. The van der Waals surface area contributed by atoms with Crippen LogP contribution in [0.3, 0.4) is 0 Å². The van der Waals surface area contributed by atoms with Gasteiger partial charge in [-0.05, 0) is 39.3 Å². The van der Waals surface area contributed by atoms with Gasteiger partial charge in [-0.1, -0.05) is 29.8 Å². The maximum absolute atomic E-state index is 15.0. The van der Waals surface area contributed by atoms with Crippen LogP contribution < -0.4 is 5.32 Å². The second kappa shape index (κ2) is 5.72. The summed E-state index contributed by atoms with van der Waals surface area (Å²) in [6.45, 7) is 3.79. The van der Waals surface area contributed by atoms with Gasteiger partial charge in [0.25, 0.3) is 5.91 Å². The Balaban J connectivity index is 1.84. The molecule has 7 heteroatoms. The lowest BCUT2D eigenvalue weighted by molar-refractivity contribution is -0.231. The molecule has 132 valence electrons. The molecule has 0 radical (unpaired) electrons. The quantitative estimate of drug-likeness (QED) is 0.833. The highest BCUT2D eigenvalue weighted by atomic mass is 19.4. The predicted octanol–water partition coefficient (Wildman–Crippen LogP) is 3.08. The number of nitrogens with zero attached hydrogens (tertiary/aromatic N) is 1. The fraction of sp³-hybridized carbons (Fsp3) is 0.588. The van der Waals surface area contributed by atoms with Gasteiger partial charge in [-0.3, -0.25) is 4.79 Å². The molecule has 2 fully saturated rings. The number of rotatable bonds is 5. The van der Waals surface area contributed by atoms with Gasteiger partial charge in [0.2, 0.25) is 0 Å². The van der Waals surface area contributed by atoms with E-state index in [0.717, 1.165) is 31.6 Å². The first-order valence-electron chi connectivity index (χ1n) is 8.04. The Morgan fingerprint density at radius 1 is 1.25 bits per heavy atom. The van der Waals surface area contributed by atoms with Crippen LogP contribution in [-0.2, 0) is 10.5 Å². The Bertz CT molecular complexity index is 638. The van der Waals surface area contributed by atoms with Crippen LogP contribution in [0.15, 0.2) is 24.3 Å². The van der Waals surface area contributed by atoms with Gasteiger partial charge in [-0.15, -0.1) is 0 Å². The van der Waals surface area contributed by atoms with E-state index in [1.165, 1.54) is 6.07 Å². The average molecular weight is 344 g/mol. The number of halogens is 4. The molecule has 1 aliphatic heterocycles. The highest BCUT2D eigenvalue weighted by Gasteiger charge is 2.64. The minimum absolute atomic E-state index is 0.466. The maximum atomic E-state index is 15.0. The molecule has 1 aromatic carbocycles. The van der Waals surface area contributed by atoms with Crippen LogP contribution >= 0.6 is 0 Å². The van der Waals surface area contributed by atoms with Crippen molar-refractivity contribution >= 4 is 5.91 Å². The van der Waals surface area contributed by atoms with Crippen molar-refractivity contribution < 1.29 is 22.4 Å². The fourth-order valence-electron chi connectivity index (χ4n) is 3.05. The summed E-state index contributed by atoms with van der Waals surface area (Å²) in [6, 6.07) is 4.96. The molecule has 1 unspecified atom stereocenters. The zero-order chi connectivity index (χ0) is 17.6. The van der Waals surface area contributed by atoms with E-state index >= 15 is 4.39 Å². The minimum atomic E-state index is -5.32. The first-order valence-corrected chi connectivity index (χ1v) is 8.04. The van der Waals surface area contributed by atoms with Gasteiger partial charge < -0.3 is 10.2 Å². The van der Waals surface area contributed by atoms with Gasteiger partial charge in [-0.25, -0.2) is 4.39 Å². The molecule has 1 aromatic rings. The standard InChI is InChI=1S/C17H20F4N2O/c1-12-4-2-5-13(10-12)16(18,17(19,20)21)14(24)22-15(6-7-15)11-23-8-3-9-23/h2,4-5,10H,3,6-9,11H2,1H3,(H,22,24). The molecule has 1 saturated heterocycles. The van der Waals surface area contributed by atoms with E-state index in [1.807, 2.05) is 0 Å². The van der Waals surface area contributed by atoms with Crippen molar-refractivity contribution in [3.05, 3.63) is 35.4 Å². The van der Waals surface area contributed by atoms with Crippen LogP contribution in [0.25, 0.3) is 0 Å². The molecule has 1 N–H and O–H groups in total. The zero-order valence-corrected chi connectivity index (χ0v) is 13.4. The third-order valence-corrected chi connectivity index (χ3v) is 4.83. The van der Waals surface area contributed by atoms with Crippen LogP contribution in [0, 0.1) is 6.92 Å². The molecular weight excluding hydrogens is 324 g/mol. The van der Waals surface area contributed by atoms with Crippen molar-refractivity contribution in [2.24, 2.45) is 0 Å². The normalized spacial score (nSPS) is 22.4. The second-order valence-electron chi connectivity index (χ2n) is 6.89. The van der Waals surface area contributed by atoms with Crippen LogP contribution in [0.2, 0.25) is 0 Å². The SMILES string of the molecule is Cc1cccc(C(F)(C(=O)NC2(CN3CCC3)CC2)C(F)(F)F)c1. The Morgan fingerprint density at radius 3 is 2.38 bits per heavy atom. The summed E-state index contributed by atoms with van der Waals surface area (Å²) in [5, 5.41) is 2.36.